The van der Waals surface area contributed by atoms with Crippen molar-refractivity contribution in [3.63, 3.8) is 0 Å². The van der Waals surface area contributed by atoms with E-state index in [4.69, 9.17) is 9.84 Å². The molecule has 0 aliphatic heterocycles. The lowest BCUT2D eigenvalue weighted by Crippen LogP contribution is -2.26. The minimum absolute atomic E-state index is 0.0120. The Balaban J connectivity index is 2.75. The monoisotopic (exact) mass is 360 g/mol. The minimum atomic E-state index is -1.47. The highest BCUT2D eigenvalue weighted by molar-refractivity contribution is 7.10. The normalized spacial score (nSPS) is 11.6. The van der Waals surface area contributed by atoms with Crippen LogP contribution < -0.4 is 5.32 Å². The highest BCUT2D eigenvalue weighted by Crippen LogP contribution is 2.12. The maximum atomic E-state index is 11.5. The van der Waals surface area contributed by atoms with Gasteiger partial charge in [-0.3, -0.25) is 5.32 Å². The molecule has 0 aromatic carbocycles. The first-order valence-electron chi connectivity index (χ1n) is 6.46. The van der Waals surface area contributed by atoms with Crippen LogP contribution in [0.25, 0.3) is 0 Å². The number of carboxylic acid groups (broad SMARTS) is 1. The minimum Gasteiger partial charge on any atom is -0.476 e. The molecular formula is C12H16N4O7S. The fourth-order valence-corrected chi connectivity index (χ4v) is 1.76. The summed E-state index contributed by atoms with van der Waals surface area (Å²) in [5, 5.41) is 14.7. The molecule has 1 aromatic rings. The molecule has 1 amide bonds. The van der Waals surface area contributed by atoms with Gasteiger partial charge in [-0.15, -0.1) is 0 Å². The van der Waals surface area contributed by atoms with E-state index in [9.17, 15) is 14.4 Å². The van der Waals surface area contributed by atoms with Crippen molar-refractivity contribution >= 4 is 40.4 Å². The molecule has 1 rings (SSSR count). The Morgan fingerprint density at radius 2 is 2.00 bits per heavy atom. The second kappa shape index (κ2) is 8.19. The maximum Gasteiger partial charge on any atom is 0.413 e. The van der Waals surface area contributed by atoms with E-state index in [1.807, 2.05) is 0 Å². The molecule has 0 unspecified atom stereocenters. The summed E-state index contributed by atoms with van der Waals surface area (Å²) in [5.41, 5.74) is -1.34. The third-order valence-corrected chi connectivity index (χ3v) is 2.62. The molecule has 0 radical (unpaired) electrons. The lowest BCUT2D eigenvalue weighted by Gasteiger charge is -2.18. The number of carbonyl (C=O) groups is 3. The van der Waals surface area contributed by atoms with E-state index in [0.29, 0.717) is 0 Å². The topological polar surface area (TPSA) is 149 Å². The number of nitrogens with one attached hydrogen (secondary N) is 1. The summed E-state index contributed by atoms with van der Waals surface area (Å²) >= 11 is 0.722. The van der Waals surface area contributed by atoms with Crippen molar-refractivity contribution in [3.05, 3.63) is 5.82 Å². The molecule has 0 atom stereocenters. The quantitative estimate of drug-likeness (QED) is 0.428. The molecule has 0 aliphatic rings. The molecule has 1 aromatic heterocycles. The number of anilines is 1. The number of aromatic nitrogens is 2. The van der Waals surface area contributed by atoms with Gasteiger partial charge < -0.3 is 19.4 Å². The van der Waals surface area contributed by atoms with Crippen molar-refractivity contribution in [2.75, 3.05) is 19.0 Å². The van der Waals surface area contributed by atoms with Crippen LogP contribution in [0.4, 0.5) is 9.93 Å². The fraction of sp³-hybridized carbons (Fsp3) is 0.500. The Kier molecular flexibility index (Phi) is 6.58. The van der Waals surface area contributed by atoms with Gasteiger partial charge in [0, 0.05) is 11.5 Å². The SMILES string of the molecule is COC(=O)Nc1nc(/C(=N/OCC(=O)OC(C)(C)C)C(=O)O)ns1. The van der Waals surface area contributed by atoms with Gasteiger partial charge >= 0.3 is 18.0 Å². The summed E-state index contributed by atoms with van der Waals surface area (Å²) in [6, 6.07) is 0. The lowest BCUT2D eigenvalue weighted by molar-refractivity contribution is -0.160. The van der Waals surface area contributed by atoms with Gasteiger partial charge in [0.15, 0.2) is 0 Å². The first kappa shape index (κ1) is 19.3. The van der Waals surface area contributed by atoms with Gasteiger partial charge in [0.1, 0.15) is 5.60 Å². The number of carbonyl (C=O) groups excluding carboxylic acids is 2. The largest absolute Gasteiger partial charge is 0.476 e. The Bertz CT molecular complexity index is 650. The summed E-state index contributed by atoms with van der Waals surface area (Å²) in [6.07, 6.45) is -0.785. The van der Waals surface area contributed by atoms with E-state index in [-0.39, 0.29) is 11.0 Å². The van der Waals surface area contributed by atoms with Crippen LogP contribution in [0.2, 0.25) is 0 Å². The zero-order chi connectivity index (χ0) is 18.3. The van der Waals surface area contributed by atoms with E-state index in [0.717, 1.165) is 18.6 Å². The van der Waals surface area contributed by atoms with Crippen molar-refractivity contribution in [3.8, 4) is 0 Å². The second-order valence-electron chi connectivity index (χ2n) is 5.14. The van der Waals surface area contributed by atoms with Gasteiger partial charge in [-0.05, 0) is 20.8 Å². The van der Waals surface area contributed by atoms with Gasteiger partial charge in [0.2, 0.25) is 23.3 Å². The number of hydrogen-bond donors (Lipinski definition) is 2. The summed E-state index contributed by atoms with van der Waals surface area (Å²) < 4.78 is 13.1. The number of nitrogens with zero attached hydrogens (tertiary/aromatic N) is 3. The van der Waals surface area contributed by atoms with Crippen LogP contribution in [0.1, 0.15) is 26.6 Å². The van der Waals surface area contributed by atoms with Gasteiger partial charge in [0.25, 0.3) is 0 Å². The summed E-state index contributed by atoms with van der Waals surface area (Å²) in [4.78, 5) is 42.1. The molecule has 0 aliphatic carbocycles. The van der Waals surface area contributed by atoms with E-state index < -0.39 is 36.0 Å². The number of hydrogen-bond acceptors (Lipinski definition) is 10. The highest BCUT2D eigenvalue weighted by atomic mass is 32.1. The second-order valence-corrected chi connectivity index (χ2v) is 5.90. The molecule has 0 spiro atoms. The Labute approximate surface area is 140 Å². The number of carboxylic acids is 1. The van der Waals surface area contributed by atoms with Crippen LogP contribution in [-0.4, -0.2) is 57.5 Å². The Morgan fingerprint density at radius 1 is 1.33 bits per heavy atom. The number of aliphatic carboxylic acids is 1. The third-order valence-electron chi connectivity index (χ3n) is 1.99. The number of oxime groups is 1. The van der Waals surface area contributed by atoms with E-state index in [1.165, 1.54) is 0 Å². The predicted octanol–water partition coefficient (Wildman–Crippen LogP) is 0.863. The molecule has 0 fully saturated rings. The third kappa shape index (κ3) is 6.56. The predicted molar refractivity (Wildman–Crippen MR) is 81.9 cm³/mol. The fourth-order valence-electron chi connectivity index (χ4n) is 1.20. The van der Waals surface area contributed by atoms with Crippen LogP contribution in [0.3, 0.4) is 0 Å². The molecule has 0 bridgehead atoms. The molecule has 0 saturated carbocycles. The van der Waals surface area contributed by atoms with Crippen LogP contribution in [0.5, 0.6) is 0 Å². The summed E-state index contributed by atoms with van der Waals surface area (Å²) in [6.45, 7) is 4.44. The number of esters is 1. The van der Waals surface area contributed by atoms with Gasteiger partial charge in [-0.25, -0.2) is 14.4 Å². The molecule has 24 heavy (non-hydrogen) atoms. The van der Waals surface area contributed by atoms with Crippen LogP contribution in [0.15, 0.2) is 5.16 Å². The molecule has 2 N–H and O–H groups in total. The molecule has 11 nitrogen and oxygen atoms in total. The lowest BCUT2D eigenvalue weighted by atomic mass is 10.2. The summed E-state index contributed by atoms with van der Waals surface area (Å²) in [7, 11) is 1.16. The molecule has 12 heteroatoms. The van der Waals surface area contributed by atoms with E-state index in [2.05, 4.69) is 29.4 Å². The Hall–Kier alpha value is -2.76. The molecule has 132 valence electrons. The highest BCUT2D eigenvalue weighted by Gasteiger charge is 2.21. The average Bonchev–Trinajstić information content (AvgIpc) is 2.89. The van der Waals surface area contributed by atoms with Gasteiger partial charge in [-0.2, -0.15) is 9.36 Å². The first-order valence-corrected chi connectivity index (χ1v) is 7.24. The van der Waals surface area contributed by atoms with Crippen LogP contribution >= 0.6 is 11.5 Å². The van der Waals surface area contributed by atoms with Gasteiger partial charge in [0.05, 0.1) is 7.11 Å². The smallest absolute Gasteiger partial charge is 0.413 e. The molecular weight excluding hydrogens is 344 g/mol. The van der Waals surface area contributed by atoms with Crippen LogP contribution in [0, 0.1) is 0 Å². The standard InChI is InChI=1S/C12H16N4O7S/c1-12(2,3)23-6(17)5-22-15-7(9(18)19)8-13-10(24-16-8)14-11(20)21-4/h5H2,1-4H3,(H,18,19)(H,13,14,16,20)/b15-7-. The summed E-state index contributed by atoms with van der Waals surface area (Å²) in [5.74, 6) is -2.47. The Morgan fingerprint density at radius 3 is 2.54 bits per heavy atom. The zero-order valence-electron chi connectivity index (χ0n) is 13.4. The van der Waals surface area contributed by atoms with Crippen molar-refractivity contribution in [2.24, 2.45) is 5.16 Å². The maximum absolute atomic E-state index is 11.5. The molecule has 0 saturated heterocycles. The van der Waals surface area contributed by atoms with Crippen molar-refractivity contribution in [1.82, 2.24) is 9.36 Å². The molecule has 1 heterocycles. The first-order chi connectivity index (χ1) is 11.1. The van der Waals surface area contributed by atoms with Crippen molar-refractivity contribution in [2.45, 2.75) is 26.4 Å². The van der Waals surface area contributed by atoms with Crippen molar-refractivity contribution in [1.29, 1.82) is 0 Å². The number of amides is 1. The number of methoxy groups -OCH3 is 1. The number of rotatable bonds is 6. The van der Waals surface area contributed by atoms with Gasteiger partial charge in [-0.1, -0.05) is 5.16 Å². The van der Waals surface area contributed by atoms with Crippen LogP contribution in [-0.2, 0) is 23.9 Å². The van der Waals surface area contributed by atoms with Crippen molar-refractivity contribution < 1.29 is 33.8 Å². The average molecular weight is 360 g/mol. The van der Waals surface area contributed by atoms with E-state index in [1.54, 1.807) is 20.8 Å². The number of ether oxygens (including phenoxy) is 2. The zero-order valence-corrected chi connectivity index (χ0v) is 14.2. The van der Waals surface area contributed by atoms with E-state index >= 15 is 0 Å².